The van der Waals surface area contributed by atoms with Gasteiger partial charge in [0.05, 0.1) is 30.6 Å². The van der Waals surface area contributed by atoms with E-state index in [-0.39, 0.29) is 6.03 Å². The Hall–Kier alpha value is -2.64. The fourth-order valence-electron chi connectivity index (χ4n) is 4.18. The van der Waals surface area contributed by atoms with E-state index in [0.717, 1.165) is 37.6 Å². The van der Waals surface area contributed by atoms with E-state index in [9.17, 15) is 4.79 Å². The van der Waals surface area contributed by atoms with E-state index in [1.807, 2.05) is 42.2 Å². The second-order valence-electron chi connectivity index (χ2n) is 8.09. The molecule has 1 aromatic carbocycles. The van der Waals surface area contributed by atoms with Gasteiger partial charge in [0.2, 0.25) is 0 Å². The van der Waals surface area contributed by atoms with Crippen LogP contribution in [0.2, 0.25) is 0 Å². The molecule has 3 fully saturated rings. The number of nitrogens with two attached hydrogens (primary N) is 1. The summed E-state index contributed by atoms with van der Waals surface area (Å²) < 4.78 is 5.21. The first-order valence-corrected chi connectivity index (χ1v) is 9.82. The van der Waals surface area contributed by atoms with Crippen LogP contribution in [0, 0.1) is 18.8 Å². The van der Waals surface area contributed by atoms with Crippen LogP contribution in [0.5, 0.6) is 0 Å². The standard InChI is InChI=1S/C21H25N5O2/c1-12-2-4-13(5-3-12)18-7-6-17(22)20(24-18)25-21(27)26-8-15-16(9-26)19(15)23-14-10-28-11-14/h2-7,14-16,19,23H,8-11,22H2,1H3,(H,24,25,27)/t15-,16+,19+. The van der Waals surface area contributed by atoms with Gasteiger partial charge in [-0.3, -0.25) is 5.32 Å². The summed E-state index contributed by atoms with van der Waals surface area (Å²) in [7, 11) is 0. The smallest absolute Gasteiger partial charge is 0.323 e. The summed E-state index contributed by atoms with van der Waals surface area (Å²) in [6, 6.07) is 12.7. The number of anilines is 2. The zero-order valence-electron chi connectivity index (χ0n) is 15.9. The van der Waals surface area contributed by atoms with Crippen LogP contribution in [0.4, 0.5) is 16.3 Å². The number of aryl methyl sites for hydroxylation is 1. The van der Waals surface area contributed by atoms with Crippen molar-refractivity contribution >= 4 is 17.5 Å². The largest absolute Gasteiger partial charge is 0.396 e. The minimum absolute atomic E-state index is 0.127. The van der Waals surface area contributed by atoms with Gasteiger partial charge in [0.1, 0.15) is 0 Å². The summed E-state index contributed by atoms with van der Waals surface area (Å²) in [6.45, 7) is 5.22. The zero-order valence-corrected chi connectivity index (χ0v) is 15.9. The Morgan fingerprint density at radius 1 is 1.14 bits per heavy atom. The molecule has 1 aliphatic carbocycles. The molecule has 3 heterocycles. The molecule has 2 amide bonds. The summed E-state index contributed by atoms with van der Waals surface area (Å²) in [5.74, 6) is 1.52. The Labute approximate surface area is 164 Å². The number of amides is 2. The highest BCUT2D eigenvalue weighted by molar-refractivity contribution is 5.92. The minimum atomic E-state index is -0.127. The molecule has 1 saturated carbocycles. The van der Waals surface area contributed by atoms with Crippen molar-refractivity contribution in [1.82, 2.24) is 15.2 Å². The Morgan fingerprint density at radius 3 is 2.50 bits per heavy atom. The monoisotopic (exact) mass is 379 g/mol. The first-order chi connectivity index (χ1) is 13.6. The molecule has 1 aromatic heterocycles. The van der Waals surface area contributed by atoms with Gasteiger partial charge in [0, 0.05) is 24.7 Å². The average Bonchev–Trinajstić information content (AvgIpc) is 3.08. The molecule has 3 atom stereocenters. The average molecular weight is 379 g/mol. The third kappa shape index (κ3) is 3.21. The number of carbonyl (C=O) groups is 1. The normalized spacial score (nSPS) is 25.9. The SMILES string of the molecule is Cc1ccc(-c2ccc(N)c(NC(=O)N3C[C@@H]4[C@H](C3)[C@H]4NC3COC3)n2)cc1. The summed E-state index contributed by atoms with van der Waals surface area (Å²) in [4.78, 5) is 19.1. The van der Waals surface area contributed by atoms with Gasteiger partial charge < -0.3 is 20.7 Å². The molecule has 7 heteroatoms. The fraction of sp³-hybridized carbons (Fsp3) is 0.429. The van der Waals surface area contributed by atoms with Crippen molar-refractivity contribution in [3.05, 3.63) is 42.0 Å². The van der Waals surface area contributed by atoms with Crippen LogP contribution in [0.3, 0.4) is 0 Å². The molecule has 2 saturated heterocycles. The molecule has 5 rings (SSSR count). The number of aromatic nitrogens is 1. The van der Waals surface area contributed by atoms with Crippen LogP contribution in [0.25, 0.3) is 11.3 Å². The second-order valence-corrected chi connectivity index (χ2v) is 8.09. The number of hydrogen-bond donors (Lipinski definition) is 3. The summed E-state index contributed by atoms with van der Waals surface area (Å²) >= 11 is 0. The van der Waals surface area contributed by atoms with Crippen LogP contribution >= 0.6 is 0 Å². The number of pyridine rings is 1. The number of hydrogen-bond acceptors (Lipinski definition) is 5. The number of rotatable bonds is 4. The lowest BCUT2D eigenvalue weighted by Crippen LogP contribution is -2.49. The van der Waals surface area contributed by atoms with E-state index >= 15 is 0 Å². The number of ether oxygens (including phenoxy) is 1. The molecule has 0 spiro atoms. The third-order valence-corrected chi connectivity index (χ3v) is 6.05. The van der Waals surface area contributed by atoms with Crippen LogP contribution in [0.1, 0.15) is 5.56 Å². The highest BCUT2D eigenvalue weighted by atomic mass is 16.5. The Balaban J connectivity index is 1.22. The number of benzene rings is 1. The maximum Gasteiger partial charge on any atom is 0.323 e. The van der Waals surface area contributed by atoms with E-state index in [1.165, 1.54) is 5.56 Å². The van der Waals surface area contributed by atoms with E-state index in [2.05, 4.69) is 15.6 Å². The first kappa shape index (κ1) is 17.5. The Morgan fingerprint density at radius 2 is 1.86 bits per heavy atom. The van der Waals surface area contributed by atoms with Crippen molar-refractivity contribution in [3.8, 4) is 11.3 Å². The van der Waals surface area contributed by atoms with Crippen LogP contribution in [0.15, 0.2) is 36.4 Å². The first-order valence-electron chi connectivity index (χ1n) is 9.82. The van der Waals surface area contributed by atoms with E-state index < -0.39 is 0 Å². The number of nitrogens with one attached hydrogen (secondary N) is 2. The molecule has 146 valence electrons. The number of piperidine rings is 1. The van der Waals surface area contributed by atoms with Crippen LogP contribution in [-0.4, -0.2) is 54.3 Å². The van der Waals surface area contributed by atoms with Crippen LogP contribution in [-0.2, 0) is 4.74 Å². The molecular formula is C21H25N5O2. The van der Waals surface area contributed by atoms with Crippen LogP contribution < -0.4 is 16.4 Å². The van der Waals surface area contributed by atoms with Gasteiger partial charge in [-0.1, -0.05) is 29.8 Å². The lowest BCUT2D eigenvalue weighted by Gasteiger charge is -2.29. The quantitative estimate of drug-likeness (QED) is 0.756. The molecule has 2 aromatic rings. The number of likely N-dealkylation sites (tertiary alicyclic amines) is 1. The number of nitrogen functional groups attached to an aromatic ring is 1. The van der Waals surface area contributed by atoms with Gasteiger partial charge >= 0.3 is 6.03 Å². The van der Waals surface area contributed by atoms with Gasteiger partial charge in [-0.15, -0.1) is 0 Å². The van der Waals surface area contributed by atoms with Gasteiger partial charge in [-0.05, 0) is 30.9 Å². The van der Waals surface area contributed by atoms with Gasteiger partial charge in [0.15, 0.2) is 5.82 Å². The highest BCUT2D eigenvalue weighted by Crippen LogP contribution is 2.46. The summed E-state index contributed by atoms with van der Waals surface area (Å²) in [5.41, 5.74) is 9.51. The number of nitrogens with zero attached hydrogens (tertiary/aromatic N) is 2. The second kappa shape index (κ2) is 6.76. The summed E-state index contributed by atoms with van der Waals surface area (Å²) in [6.07, 6.45) is 0. The van der Waals surface area contributed by atoms with E-state index in [1.54, 1.807) is 6.07 Å². The van der Waals surface area contributed by atoms with Crippen molar-refractivity contribution in [2.45, 2.75) is 19.0 Å². The predicted octanol–water partition coefficient (Wildman–Crippen LogP) is 2.09. The van der Waals surface area contributed by atoms with Crippen molar-refractivity contribution in [2.75, 3.05) is 37.4 Å². The van der Waals surface area contributed by atoms with Crippen molar-refractivity contribution < 1.29 is 9.53 Å². The van der Waals surface area contributed by atoms with Crippen molar-refractivity contribution in [1.29, 1.82) is 0 Å². The lowest BCUT2D eigenvalue weighted by molar-refractivity contribution is -0.00741. The van der Waals surface area contributed by atoms with Crippen molar-refractivity contribution in [3.63, 3.8) is 0 Å². The molecule has 0 unspecified atom stereocenters. The Kier molecular flexibility index (Phi) is 4.21. The zero-order chi connectivity index (χ0) is 19.3. The highest BCUT2D eigenvalue weighted by Gasteiger charge is 2.57. The molecule has 0 bridgehead atoms. The van der Waals surface area contributed by atoms with Gasteiger partial charge in [-0.2, -0.15) is 0 Å². The molecule has 0 radical (unpaired) electrons. The fourth-order valence-corrected chi connectivity index (χ4v) is 4.18. The minimum Gasteiger partial charge on any atom is -0.396 e. The molecule has 3 aliphatic rings. The van der Waals surface area contributed by atoms with E-state index in [4.69, 9.17) is 10.5 Å². The van der Waals surface area contributed by atoms with Crippen molar-refractivity contribution in [2.24, 2.45) is 11.8 Å². The predicted molar refractivity (Wildman–Crippen MR) is 108 cm³/mol. The third-order valence-electron chi connectivity index (χ3n) is 6.05. The molecule has 7 nitrogen and oxygen atoms in total. The number of carbonyl (C=O) groups excluding carboxylic acids is 1. The molecular weight excluding hydrogens is 354 g/mol. The van der Waals surface area contributed by atoms with Gasteiger partial charge in [-0.25, -0.2) is 9.78 Å². The Bertz CT molecular complexity index is 884. The van der Waals surface area contributed by atoms with Gasteiger partial charge in [0.25, 0.3) is 0 Å². The maximum atomic E-state index is 12.7. The summed E-state index contributed by atoms with van der Waals surface area (Å²) in [5, 5.41) is 6.53. The topological polar surface area (TPSA) is 92.5 Å². The lowest BCUT2D eigenvalue weighted by atomic mass is 10.1. The number of urea groups is 1. The van der Waals surface area contributed by atoms with E-state index in [0.29, 0.717) is 35.4 Å². The number of fused-ring (bicyclic) bond motifs is 1. The molecule has 28 heavy (non-hydrogen) atoms. The molecule has 2 aliphatic heterocycles. The maximum absolute atomic E-state index is 12.7. The molecule has 4 N–H and O–H groups in total.